The third-order valence-electron chi connectivity index (χ3n) is 3.30. The van der Waals surface area contributed by atoms with E-state index >= 15 is 0 Å². The Hall–Kier alpha value is -2.36. The molecule has 0 radical (unpaired) electrons. The molecule has 0 aliphatic heterocycles. The third-order valence-corrected chi connectivity index (χ3v) is 3.30. The van der Waals surface area contributed by atoms with Crippen molar-refractivity contribution in [2.24, 2.45) is 0 Å². The van der Waals surface area contributed by atoms with Gasteiger partial charge in [0.25, 0.3) is 5.91 Å². The molecule has 0 unspecified atom stereocenters. The molecule has 1 amide bonds. The van der Waals surface area contributed by atoms with E-state index in [1.165, 1.54) is 0 Å². The predicted molar refractivity (Wildman–Crippen MR) is 86.9 cm³/mol. The number of benzene rings is 1. The van der Waals surface area contributed by atoms with Crippen LogP contribution in [0.2, 0.25) is 0 Å². The molecule has 0 saturated carbocycles. The van der Waals surface area contributed by atoms with E-state index in [1.807, 2.05) is 44.2 Å². The van der Waals surface area contributed by atoms with Gasteiger partial charge in [0, 0.05) is 24.1 Å². The fourth-order valence-corrected chi connectivity index (χ4v) is 2.22. The molecule has 0 atom stereocenters. The Morgan fingerprint density at radius 3 is 2.67 bits per heavy atom. The molecule has 0 spiro atoms. The highest BCUT2D eigenvalue weighted by Crippen LogP contribution is 2.20. The summed E-state index contributed by atoms with van der Waals surface area (Å²) in [7, 11) is 0. The molecular formula is C17H21N3O. The van der Waals surface area contributed by atoms with Crippen LogP contribution in [0.4, 0.5) is 11.4 Å². The smallest absolute Gasteiger partial charge is 0.259 e. The standard InChI is InChI=1S/C17H21N3O/c1-4-13-8-6-7-9-15(13)20-17(21)14-11-19-12(3)10-16(14)18-5-2/h6-11H,4-5H2,1-3H3,(H,18,19)(H,20,21). The maximum Gasteiger partial charge on any atom is 0.259 e. The number of amides is 1. The van der Waals surface area contributed by atoms with Crippen molar-refractivity contribution in [2.75, 3.05) is 17.2 Å². The number of anilines is 2. The van der Waals surface area contributed by atoms with Crippen molar-refractivity contribution in [1.82, 2.24) is 4.98 Å². The average molecular weight is 283 g/mol. The van der Waals surface area contributed by atoms with Crippen molar-refractivity contribution in [3.8, 4) is 0 Å². The van der Waals surface area contributed by atoms with E-state index in [0.29, 0.717) is 5.56 Å². The summed E-state index contributed by atoms with van der Waals surface area (Å²) in [6, 6.07) is 9.74. The molecule has 2 aromatic rings. The first-order valence-corrected chi connectivity index (χ1v) is 7.25. The Kier molecular flexibility index (Phi) is 4.93. The van der Waals surface area contributed by atoms with Crippen LogP contribution in [0.5, 0.6) is 0 Å². The molecule has 1 heterocycles. The van der Waals surface area contributed by atoms with Gasteiger partial charge in [-0.05, 0) is 38.0 Å². The molecule has 21 heavy (non-hydrogen) atoms. The first kappa shape index (κ1) is 15.0. The van der Waals surface area contributed by atoms with Crippen molar-refractivity contribution < 1.29 is 4.79 Å². The number of pyridine rings is 1. The summed E-state index contributed by atoms with van der Waals surface area (Å²) in [5.41, 5.74) is 4.24. The SMILES string of the molecule is CCNc1cc(C)ncc1C(=O)Nc1ccccc1CC. The van der Waals surface area contributed by atoms with Crippen LogP contribution in [0.25, 0.3) is 0 Å². The summed E-state index contributed by atoms with van der Waals surface area (Å²) in [6.07, 6.45) is 2.50. The van der Waals surface area contributed by atoms with Gasteiger partial charge in [-0.2, -0.15) is 0 Å². The van der Waals surface area contributed by atoms with Gasteiger partial charge in [-0.25, -0.2) is 0 Å². The van der Waals surface area contributed by atoms with Crippen molar-refractivity contribution in [3.05, 3.63) is 53.3 Å². The second-order valence-corrected chi connectivity index (χ2v) is 4.87. The van der Waals surface area contributed by atoms with Crippen molar-refractivity contribution in [1.29, 1.82) is 0 Å². The molecule has 0 fully saturated rings. The minimum absolute atomic E-state index is 0.139. The molecular weight excluding hydrogens is 262 g/mol. The zero-order valence-electron chi connectivity index (χ0n) is 12.7. The minimum atomic E-state index is -0.139. The number of hydrogen-bond acceptors (Lipinski definition) is 3. The van der Waals surface area contributed by atoms with Crippen LogP contribution in [0.3, 0.4) is 0 Å². The Morgan fingerprint density at radius 2 is 1.95 bits per heavy atom. The number of aryl methyl sites for hydroxylation is 2. The van der Waals surface area contributed by atoms with E-state index in [9.17, 15) is 4.79 Å². The van der Waals surface area contributed by atoms with Crippen LogP contribution >= 0.6 is 0 Å². The maximum atomic E-state index is 12.5. The largest absolute Gasteiger partial charge is 0.385 e. The monoisotopic (exact) mass is 283 g/mol. The number of rotatable bonds is 5. The Labute approximate surface area is 125 Å². The summed E-state index contributed by atoms with van der Waals surface area (Å²) in [5.74, 6) is -0.139. The number of carbonyl (C=O) groups is 1. The van der Waals surface area contributed by atoms with Crippen molar-refractivity contribution in [2.45, 2.75) is 27.2 Å². The van der Waals surface area contributed by atoms with Gasteiger partial charge in [0.05, 0.1) is 11.3 Å². The highest BCUT2D eigenvalue weighted by molar-refractivity contribution is 6.08. The molecule has 0 aliphatic rings. The van der Waals surface area contributed by atoms with Crippen LogP contribution in [-0.2, 0) is 6.42 Å². The molecule has 1 aromatic heterocycles. The molecule has 4 heteroatoms. The van der Waals surface area contributed by atoms with Crippen LogP contribution in [0, 0.1) is 6.92 Å². The fraction of sp³-hybridized carbons (Fsp3) is 0.294. The lowest BCUT2D eigenvalue weighted by atomic mass is 10.1. The van der Waals surface area contributed by atoms with Gasteiger partial charge in [0.1, 0.15) is 0 Å². The van der Waals surface area contributed by atoms with E-state index in [2.05, 4.69) is 22.5 Å². The fourth-order valence-electron chi connectivity index (χ4n) is 2.22. The molecule has 0 bridgehead atoms. The first-order valence-electron chi connectivity index (χ1n) is 7.25. The van der Waals surface area contributed by atoms with Crippen LogP contribution in [0.1, 0.15) is 35.5 Å². The zero-order chi connectivity index (χ0) is 15.2. The molecule has 1 aromatic carbocycles. The highest BCUT2D eigenvalue weighted by Gasteiger charge is 2.13. The van der Waals surface area contributed by atoms with Crippen molar-refractivity contribution >= 4 is 17.3 Å². The predicted octanol–water partition coefficient (Wildman–Crippen LogP) is 3.64. The number of carbonyl (C=O) groups excluding carboxylic acids is 1. The summed E-state index contributed by atoms with van der Waals surface area (Å²) in [6.45, 7) is 6.75. The van der Waals surface area contributed by atoms with Gasteiger partial charge in [0.2, 0.25) is 0 Å². The summed E-state index contributed by atoms with van der Waals surface area (Å²) in [5, 5.41) is 6.19. The quantitative estimate of drug-likeness (QED) is 0.881. The summed E-state index contributed by atoms with van der Waals surface area (Å²) >= 11 is 0. The lowest BCUT2D eigenvalue weighted by Crippen LogP contribution is -2.16. The topological polar surface area (TPSA) is 54.0 Å². The van der Waals surface area contributed by atoms with Gasteiger partial charge in [-0.15, -0.1) is 0 Å². The summed E-state index contributed by atoms with van der Waals surface area (Å²) in [4.78, 5) is 16.7. The number of nitrogens with one attached hydrogen (secondary N) is 2. The molecule has 2 rings (SSSR count). The van der Waals surface area contributed by atoms with Crippen molar-refractivity contribution in [3.63, 3.8) is 0 Å². The van der Waals surface area contributed by atoms with E-state index in [1.54, 1.807) is 6.20 Å². The highest BCUT2D eigenvalue weighted by atomic mass is 16.1. The molecule has 2 N–H and O–H groups in total. The van der Waals surface area contributed by atoms with E-state index in [0.717, 1.165) is 35.6 Å². The van der Waals surface area contributed by atoms with Gasteiger partial charge in [-0.1, -0.05) is 25.1 Å². The maximum absolute atomic E-state index is 12.5. The number of aromatic nitrogens is 1. The average Bonchev–Trinajstić information content (AvgIpc) is 2.48. The minimum Gasteiger partial charge on any atom is -0.385 e. The summed E-state index contributed by atoms with van der Waals surface area (Å²) < 4.78 is 0. The number of para-hydroxylation sites is 1. The van der Waals surface area contributed by atoms with Crippen LogP contribution in [0.15, 0.2) is 36.5 Å². The van der Waals surface area contributed by atoms with Gasteiger partial charge in [-0.3, -0.25) is 9.78 Å². The zero-order valence-corrected chi connectivity index (χ0v) is 12.7. The number of nitrogens with zero attached hydrogens (tertiary/aromatic N) is 1. The van der Waals surface area contributed by atoms with Crippen LogP contribution in [-0.4, -0.2) is 17.4 Å². The first-order chi connectivity index (χ1) is 10.2. The number of hydrogen-bond donors (Lipinski definition) is 2. The van der Waals surface area contributed by atoms with Gasteiger partial charge >= 0.3 is 0 Å². The molecule has 0 saturated heterocycles. The second kappa shape index (κ2) is 6.88. The Morgan fingerprint density at radius 1 is 1.19 bits per heavy atom. The second-order valence-electron chi connectivity index (χ2n) is 4.87. The normalized spacial score (nSPS) is 10.2. The Bertz CT molecular complexity index is 638. The van der Waals surface area contributed by atoms with Gasteiger partial charge in [0.15, 0.2) is 0 Å². The lowest BCUT2D eigenvalue weighted by Gasteiger charge is -2.13. The lowest BCUT2D eigenvalue weighted by molar-refractivity contribution is 0.102. The van der Waals surface area contributed by atoms with Crippen LogP contribution < -0.4 is 10.6 Å². The molecule has 0 aliphatic carbocycles. The molecule has 4 nitrogen and oxygen atoms in total. The Balaban J connectivity index is 2.28. The van der Waals surface area contributed by atoms with E-state index in [-0.39, 0.29) is 5.91 Å². The third kappa shape index (κ3) is 3.60. The van der Waals surface area contributed by atoms with E-state index < -0.39 is 0 Å². The van der Waals surface area contributed by atoms with Gasteiger partial charge < -0.3 is 10.6 Å². The molecule has 110 valence electrons. The van der Waals surface area contributed by atoms with E-state index in [4.69, 9.17) is 0 Å².